The van der Waals surface area contributed by atoms with Crippen molar-refractivity contribution in [2.24, 2.45) is 0 Å². The second kappa shape index (κ2) is 7.30. The molecule has 0 aromatic carbocycles. The summed E-state index contributed by atoms with van der Waals surface area (Å²) in [6.45, 7) is 8.50. The Morgan fingerprint density at radius 2 is 1.83 bits per heavy atom. The van der Waals surface area contributed by atoms with Gasteiger partial charge < -0.3 is 9.05 Å². The molecule has 3 aromatic heterocycles. The van der Waals surface area contributed by atoms with E-state index in [9.17, 15) is 0 Å². The van der Waals surface area contributed by atoms with E-state index in [4.69, 9.17) is 9.05 Å². The second-order valence-electron chi connectivity index (χ2n) is 6.67. The van der Waals surface area contributed by atoms with Crippen molar-refractivity contribution in [2.45, 2.75) is 58.3 Å². The van der Waals surface area contributed by atoms with Gasteiger partial charge in [0.25, 0.3) is 0 Å². The van der Waals surface area contributed by atoms with Gasteiger partial charge in [-0.1, -0.05) is 38.0 Å². The van der Waals surface area contributed by atoms with E-state index in [-0.39, 0.29) is 5.92 Å². The van der Waals surface area contributed by atoms with Crippen LogP contribution in [0.1, 0.15) is 73.4 Å². The number of hydrogen-bond donors (Lipinski definition) is 0. The highest BCUT2D eigenvalue weighted by Crippen LogP contribution is 2.26. The molecule has 0 aliphatic carbocycles. The minimum atomic E-state index is 0.203. The van der Waals surface area contributed by atoms with Crippen LogP contribution in [-0.4, -0.2) is 15.3 Å². The molecular formula is C18H23N3O2S. The summed E-state index contributed by atoms with van der Waals surface area (Å²) in [6.07, 6.45) is 3.44. The zero-order valence-electron chi connectivity index (χ0n) is 14.5. The number of hydrogen-bond acceptors (Lipinski definition) is 6. The van der Waals surface area contributed by atoms with Crippen molar-refractivity contribution in [1.29, 1.82) is 0 Å². The number of nitrogens with zero attached hydrogens (tertiary/aromatic N) is 3. The van der Waals surface area contributed by atoms with Crippen LogP contribution < -0.4 is 0 Å². The molecule has 0 radical (unpaired) electrons. The van der Waals surface area contributed by atoms with E-state index >= 15 is 0 Å². The third kappa shape index (κ3) is 3.93. The fourth-order valence-electron chi connectivity index (χ4n) is 2.64. The van der Waals surface area contributed by atoms with Crippen LogP contribution in [0, 0.1) is 0 Å². The Balaban J connectivity index is 1.61. The van der Waals surface area contributed by atoms with Gasteiger partial charge >= 0.3 is 0 Å². The lowest BCUT2D eigenvalue weighted by Gasteiger charge is -2.04. The largest absolute Gasteiger partial charge is 0.361 e. The smallest absolute Gasteiger partial charge is 0.140 e. The van der Waals surface area contributed by atoms with Crippen LogP contribution >= 0.6 is 11.3 Å². The van der Waals surface area contributed by atoms with E-state index in [1.165, 1.54) is 0 Å². The lowest BCUT2D eigenvalue weighted by Crippen LogP contribution is -1.98. The summed E-state index contributed by atoms with van der Waals surface area (Å²) in [6, 6.07) is 4.08. The van der Waals surface area contributed by atoms with Crippen molar-refractivity contribution in [2.75, 3.05) is 0 Å². The Labute approximate surface area is 146 Å². The minimum absolute atomic E-state index is 0.203. The molecule has 3 heterocycles. The average Bonchev–Trinajstić information content (AvgIpc) is 3.28. The molecule has 0 fully saturated rings. The fourth-order valence-corrected chi connectivity index (χ4v) is 3.33. The van der Waals surface area contributed by atoms with Gasteiger partial charge in [-0.25, -0.2) is 4.98 Å². The normalized spacial score (nSPS) is 14.2. The van der Waals surface area contributed by atoms with E-state index in [0.29, 0.717) is 11.8 Å². The molecule has 3 rings (SSSR count). The molecule has 2 atom stereocenters. The fraction of sp³-hybridized carbons (Fsp3) is 0.500. The summed E-state index contributed by atoms with van der Waals surface area (Å²) in [5.41, 5.74) is 1.97. The van der Waals surface area contributed by atoms with Crippen molar-refractivity contribution in [3.8, 4) is 0 Å². The first-order valence-electron chi connectivity index (χ1n) is 8.33. The van der Waals surface area contributed by atoms with Crippen molar-refractivity contribution < 1.29 is 9.05 Å². The monoisotopic (exact) mass is 345 g/mol. The molecule has 0 amide bonds. The molecule has 0 saturated heterocycles. The van der Waals surface area contributed by atoms with Crippen LogP contribution in [0.2, 0.25) is 0 Å². The molecule has 5 nitrogen and oxygen atoms in total. The predicted molar refractivity (Wildman–Crippen MR) is 93.4 cm³/mol. The summed E-state index contributed by atoms with van der Waals surface area (Å²) in [7, 11) is 0. The Kier molecular flexibility index (Phi) is 5.14. The van der Waals surface area contributed by atoms with E-state index in [0.717, 1.165) is 40.8 Å². The van der Waals surface area contributed by atoms with Gasteiger partial charge in [0.05, 0.1) is 16.4 Å². The van der Waals surface area contributed by atoms with Crippen LogP contribution in [0.3, 0.4) is 0 Å². The summed E-state index contributed by atoms with van der Waals surface area (Å²) in [4.78, 5) is 4.37. The molecule has 6 heteroatoms. The average molecular weight is 345 g/mol. The van der Waals surface area contributed by atoms with Crippen LogP contribution in [-0.2, 0) is 12.8 Å². The Morgan fingerprint density at radius 1 is 1.00 bits per heavy atom. The highest BCUT2D eigenvalue weighted by atomic mass is 32.1. The zero-order chi connectivity index (χ0) is 17.1. The summed E-state index contributed by atoms with van der Waals surface area (Å²) >= 11 is 1.68. The van der Waals surface area contributed by atoms with Gasteiger partial charge in [-0.2, -0.15) is 0 Å². The number of aromatic nitrogens is 3. The quantitative estimate of drug-likeness (QED) is 0.607. The third-order valence-electron chi connectivity index (χ3n) is 4.13. The molecule has 0 spiro atoms. The van der Waals surface area contributed by atoms with Gasteiger partial charge in [-0.3, -0.25) is 0 Å². The molecule has 0 saturated carbocycles. The molecule has 128 valence electrons. The molecule has 2 unspecified atom stereocenters. The SMILES string of the molecule is CC(C)c1cc(CC(C)c2cc(CC(C)c3nccs3)no2)on1. The van der Waals surface area contributed by atoms with E-state index in [1.54, 1.807) is 11.3 Å². The van der Waals surface area contributed by atoms with Crippen molar-refractivity contribution in [3.63, 3.8) is 0 Å². The van der Waals surface area contributed by atoms with Crippen molar-refractivity contribution in [1.82, 2.24) is 15.3 Å². The minimum Gasteiger partial charge on any atom is -0.361 e. The van der Waals surface area contributed by atoms with Gasteiger partial charge in [-0.15, -0.1) is 11.3 Å². The number of thiazole rings is 1. The van der Waals surface area contributed by atoms with Crippen molar-refractivity contribution in [3.05, 3.63) is 51.6 Å². The van der Waals surface area contributed by atoms with E-state index in [1.807, 2.05) is 17.6 Å². The molecule has 0 N–H and O–H groups in total. The van der Waals surface area contributed by atoms with Crippen LogP contribution in [0.4, 0.5) is 0 Å². The highest BCUT2D eigenvalue weighted by Gasteiger charge is 2.18. The van der Waals surface area contributed by atoms with Gasteiger partial charge in [0.15, 0.2) is 0 Å². The molecule has 0 aliphatic heterocycles. The first kappa shape index (κ1) is 16.9. The standard InChI is InChI=1S/C18H23N3O2S/c1-11(2)16-10-15(22-21-16)8-12(3)17-9-14(20-23-17)7-13(4)18-19-5-6-24-18/h5-6,9-13H,7-8H2,1-4H3. The first-order chi connectivity index (χ1) is 11.5. The lowest BCUT2D eigenvalue weighted by atomic mass is 10.0. The third-order valence-corrected chi connectivity index (χ3v) is 5.13. The lowest BCUT2D eigenvalue weighted by molar-refractivity contribution is 0.336. The molecule has 0 aliphatic rings. The van der Waals surface area contributed by atoms with Crippen LogP contribution in [0.25, 0.3) is 0 Å². The summed E-state index contributed by atoms with van der Waals surface area (Å²) in [5, 5.41) is 11.5. The highest BCUT2D eigenvalue weighted by molar-refractivity contribution is 7.09. The Morgan fingerprint density at radius 3 is 2.50 bits per heavy atom. The number of rotatable bonds is 7. The van der Waals surface area contributed by atoms with Crippen LogP contribution in [0.15, 0.2) is 32.8 Å². The van der Waals surface area contributed by atoms with E-state index in [2.05, 4.69) is 49.1 Å². The molecular weight excluding hydrogens is 322 g/mol. The molecule has 0 bridgehead atoms. The molecule has 24 heavy (non-hydrogen) atoms. The van der Waals surface area contributed by atoms with E-state index < -0.39 is 0 Å². The first-order valence-corrected chi connectivity index (χ1v) is 9.21. The van der Waals surface area contributed by atoms with Crippen LogP contribution in [0.5, 0.6) is 0 Å². The summed E-state index contributed by atoms with van der Waals surface area (Å²) in [5.74, 6) is 2.71. The maximum Gasteiger partial charge on any atom is 0.140 e. The van der Waals surface area contributed by atoms with Gasteiger partial charge in [0.1, 0.15) is 11.5 Å². The maximum absolute atomic E-state index is 5.54. The van der Waals surface area contributed by atoms with Crippen molar-refractivity contribution >= 4 is 11.3 Å². The topological polar surface area (TPSA) is 65.0 Å². The maximum atomic E-state index is 5.54. The molecule has 3 aromatic rings. The Bertz CT molecular complexity index is 761. The van der Waals surface area contributed by atoms with Gasteiger partial charge in [0.2, 0.25) is 0 Å². The zero-order valence-corrected chi connectivity index (χ0v) is 15.3. The van der Waals surface area contributed by atoms with Gasteiger partial charge in [0, 0.05) is 48.4 Å². The second-order valence-corrected chi connectivity index (χ2v) is 7.60. The van der Waals surface area contributed by atoms with Gasteiger partial charge in [-0.05, 0) is 5.92 Å². The Hall–Kier alpha value is -1.95. The summed E-state index contributed by atoms with van der Waals surface area (Å²) < 4.78 is 11.0. The predicted octanol–water partition coefficient (Wildman–Crippen LogP) is 4.93.